The lowest BCUT2D eigenvalue weighted by molar-refractivity contribution is 0.252. The average molecular weight is 424 g/mol. The molecule has 30 heavy (non-hydrogen) atoms. The molecule has 0 bridgehead atoms. The van der Waals surface area contributed by atoms with Crippen LogP contribution in [-0.2, 0) is 29.4 Å². The number of amides is 2. The van der Waals surface area contributed by atoms with E-state index in [9.17, 15) is 13.2 Å². The molecule has 1 aliphatic rings. The zero-order valence-electron chi connectivity index (χ0n) is 16.9. The lowest BCUT2D eigenvalue weighted by Gasteiger charge is -2.28. The number of fused-ring (bicyclic) bond motifs is 2. The predicted octanol–water partition coefficient (Wildman–Crippen LogP) is 3.52. The van der Waals surface area contributed by atoms with Gasteiger partial charge in [0.25, 0.3) is 0 Å². The summed E-state index contributed by atoms with van der Waals surface area (Å²) in [6, 6.07) is 19.8. The Morgan fingerprint density at radius 2 is 1.80 bits per heavy atom. The molecular formula is C23H25N3O3S. The second-order valence-electron chi connectivity index (χ2n) is 7.56. The third-order valence-corrected chi connectivity index (χ3v) is 6.76. The van der Waals surface area contributed by atoms with Gasteiger partial charge in [-0.15, -0.1) is 0 Å². The highest BCUT2D eigenvalue weighted by molar-refractivity contribution is 7.88. The van der Waals surface area contributed by atoms with Crippen molar-refractivity contribution in [3.63, 3.8) is 0 Å². The van der Waals surface area contributed by atoms with E-state index in [0.29, 0.717) is 26.1 Å². The number of nitrogens with zero attached hydrogens (tertiary/aromatic N) is 1. The van der Waals surface area contributed by atoms with E-state index >= 15 is 0 Å². The Morgan fingerprint density at radius 3 is 2.63 bits per heavy atom. The van der Waals surface area contributed by atoms with Gasteiger partial charge in [0, 0.05) is 25.3 Å². The van der Waals surface area contributed by atoms with E-state index in [0.717, 1.165) is 23.2 Å². The number of benzene rings is 3. The van der Waals surface area contributed by atoms with Crippen LogP contribution in [-0.4, -0.2) is 38.1 Å². The molecule has 2 N–H and O–H groups in total. The second-order valence-corrected chi connectivity index (χ2v) is 9.54. The molecule has 0 atom stereocenters. The SMILES string of the molecule is CS(=O)(=O)N1CCc2c(cccc2NC(=O)NCCc2cccc3ccccc23)C1. The van der Waals surface area contributed by atoms with Gasteiger partial charge in [-0.05, 0) is 46.4 Å². The monoisotopic (exact) mass is 423 g/mol. The number of carbonyl (C=O) groups is 1. The van der Waals surface area contributed by atoms with E-state index in [1.807, 2.05) is 36.4 Å². The van der Waals surface area contributed by atoms with Crippen LogP contribution in [0.4, 0.5) is 10.5 Å². The maximum absolute atomic E-state index is 12.4. The molecule has 0 spiro atoms. The Bertz CT molecular complexity index is 1190. The summed E-state index contributed by atoms with van der Waals surface area (Å²) in [6.45, 7) is 1.29. The van der Waals surface area contributed by atoms with Gasteiger partial charge >= 0.3 is 6.03 Å². The summed E-state index contributed by atoms with van der Waals surface area (Å²) < 4.78 is 25.1. The smallest absolute Gasteiger partial charge is 0.319 e. The standard InChI is InChI=1S/C23H25N3O3S/c1-30(28,29)26-15-13-21-19(16-26)9-5-11-22(21)25-23(27)24-14-12-18-8-4-7-17-6-2-3-10-20(17)18/h2-11H,12-16H2,1H3,(H2,24,25,27). The number of rotatable bonds is 5. The fraction of sp³-hybridized carbons (Fsp3) is 0.261. The van der Waals surface area contributed by atoms with Gasteiger partial charge < -0.3 is 10.6 Å². The van der Waals surface area contributed by atoms with Crippen molar-refractivity contribution in [3.8, 4) is 0 Å². The number of sulfonamides is 1. The van der Waals surface area contributed by atoms with Gasteiger partial charge in [-0.3, -0.25) is 0 Å². The van der Waals surface area contributed by atoms with Crippen LogP contribution in [0.1, 0.15) is 16.7 Å². The molecule has 3 aromatic rings. The van der Waals surface area contributed by atoms with Crippen molar-refractivity contribution >= 4 is 32.5 Å². The molecule has 0 aliphatic carbocycles. The highest BCUT2D eigenvalue weighted by atomic mass is 32.2. The van der Waals surface area contributed by atoms with E-state index in [2.05, 4.69) is 34.9 Å². The maximum Gasteiger partial charge on any atom is 0.319 e. The van der Waals surface area contributed by atoms with E-state index in [1.165, 1.54) is 26.9 Å². The Morgan fingerprint density at radius 1 is 1.03 bits per heavy atom. The highest BCUT2D eigenvalue weighted by Gasteiger charge is 2.24. The minimum absolute atomic E-state index is 0.255. The Balaban J connectivity index is 1.38. The summed E-state index contributed by atoms with van der Waals surface area (Å²) in [6.07, 6.45) is 2.54. The van der Waals surface area contributed by atoms with Gasteiger partial charge in [0.2, 0.25) is 10.0 Å². The fourth-order valence-corrected chi connectivity index (χ4v) is 4.77. The fourth-order valence-electron chi connectivity index (χ4n) is 3.97. The van der Waals surface area contributed by atoms with E-state index in [-0.39, 0.29) is 6.03 Å². The third-order valence-electron chi connectivity index (χ3n) is 5.51. The van der Waals surface area contributed by atoms with Gasteiger partial charge in [-0.1, -0.05) is 54.6 Å². The molecule has 2 amide bonds. The molecule has 7 heteroatoms. The number of hydrogen-bond donors (Lipinski definition) is 2. The van der Waals surface area contributed by atoms with Gasteiger partial charge in [-0.25, -0.2) is 13.2 Å². The van der Waals surface area contributed by atoms with E-state index in [4.69, 9.17) is 0 Å². The molecule has 4 rings (SSSR count). The summed E-state index contributed by atoms with van der Waals surface area (Å²) in [5, 5.41) is 8.25. The van der Waals surface area contributed by atoms with Gasteiger partial charge in [-0.2, -0.15) is 4.31 Å². The topological polar surface area (TPSA) is 78.5 Å². The van der Waals surface area contributed by atoms with Crippen molar-refractivity contribution in [2.24, 2.45) is 0 Å². The molecular weight excluding hydrogens is 398 g/mol. The second kappa shape index (κ2) is 8.45. The van der Waals surface area contributed by atoms with Crippen LogP contribution in [0.5, 0.6) is 0 Å². The van der Waals surface area contributed by atoms with Crippen molar-refractivity contribution in [2.45, 2.75) is 19.4 Å². The number of anilines is 1. The molecule has 3 aromatic carbocycles. The maximum atomic E-state index is 12.4. The molecule has 6 nitrogen and oxygen atoms in total. The Hall–Kier alpha value is -2.90. The van der Waals surface area contributed by atoms with Gasteiger partial charge in [0.1, 0.15) is 0 Å². The lowest BCUT2D eigenvalue weighted by Crippen LogP contribution is -2.36. The first kappa shape index (κ1) is 20.4. The van der Waals surface area contributed by atoms with Crippen LogP contribution in [0.3, 0.4) is 0 Å². The van der Waals surface area contributed by atoms with Crippen LogP contribution < -0.4 is 10.6 Å². The summed E-state index contributed by atoms with van der Waals surface area (Å²) in [4.78, 5) is 12.4. The minimum Gasteiger partial charge on any atom is -0.338 e. The zero-order chi connectivity index (χ0) is 21.1. The molecule has 0 saturated heterocycles. The Kier molecular flexibility index (Phi) is 5.74. The zero-order valence-corrected chi connectivity index (χ0v) is 17.7. The first-order valence-corrected chi connectivity index (χ1v) is 11.8. The molecule has 156 valence electrons. The number of carbonyl (C=O) groups excluding carboxylic acids is 1. The van der Waals surface area contributed by atoms with Crippen LogP contribution in [0, 0.1) is 0 Å². The van der Waals surface area contributed by atoms with Crippen LogP contribution in [0.2, 0.25) is 0 Å². The number of nitrogens with one attached hydrogen (secondary N) is 2. The molecule has 0 radical (unpaired) electrons. The van der Waals surface area contributed by atoms with Crippen molar-refractivity contribution in [2.75, 3.05) is 24.7 Å². The van der Waals surface area contributed by atoms with Crippen molar-refractivity contribution in [3.05, 3.63) is 77.4 Å². The van der Waals surface area contributed by atoms with Crippen molar-refractivity contribution in [1.82, 2.24) is 9.62 Å². The van der Waals surface area contributed by atoms with E-state index in [1.54, 1.807) is 0 Å². The molecule has 0 saturated carbocycles. The Labute approximate surface area is 177 Å². The van der Waals surface area contributed by atoms with Crippen molar-refractivity contribution in [1.29, 1.82) is 0 Å². The molecule has 1 heterocycles. The average Bonchev–Trinajstić information content (AvgIpc) is 2.73. The van der Waals surface area contributed by atoms with Crippen molar-refractivity contribution < 1.29 is 13.2 Å². The summed E-state index contributed by atoms with van der Waals surface area (Å²) >= 11 is 0. The molecule has 0 unspecified atom stereocenters. The third kappa shape index (κ3) is 4.47. The normalized spacial score (nSPS) is 14.3. The largest absolute Gasteiger partial charge is 0.338 e. The number of hydrogen-bond acceptors (Lipinski definition) is 3. The first-order chi connectivity index (χ1) is 14.4. The van der Waals surface area contributed by atoms with Gasteiger partial charge in [0.15, 0.2) is 0 Å². The predicted molar refractivity (Wildman–Crippen MR) is 120 cm³/mol. The first-order valence-electron chi connectivity index (χ1n) is 9.99. The summed E-state index contributed by atoms with van der Waals surface area (Å²) in [7, 11) is -3.22. The molecule has 1 aliphatic heterocycles. The highest BCUT2D eigenvalue weighted by Crippen LogP contribution is 2.27. The van der Waals surface area contributed by atoms with Crippen LogP contribution >= 0.6 is 0 Å². The summed E-state index contributed by atoms with van der Waals surface area (Å²) in [5.74, 6) is 0. The minimum atomic E-state index is -3.22. The summed E-state index contributed by atoms with van der Waals surface area (Å²) in [5.41, 5.74) is 3.87. The lowest BCUT2D eigenvalue weighted by atomic mass is 9.99. The van der Waals surface area contributed by atoms with Crippen LogP contribution in [0.15, 0.2) is 60.7 Å². The molecule has 0 aromatic heterocycles. The van der Waals surface area contributed by atoms with E-state index < -0.39 is 10.0 Å². The number of urea groups is 1. The van der Waals surface area contributed by atoms with Gasteiger partial charge in [0.05, 0.1) is 6.26 Å². The van der Waals surface area contributed by atoms with Crippen LogP contribution in [0.25, 0.3) is 10.8 Å². The quantitative estimate of drug-likeness (QED) is 0.659. The molecule has 0 fully saturated rings.